The second-order valence-corrected chi connectivity index (χ2v) is 4.74. The number of rotatable bonds is 3. The first-order chi connectivity index (χ1) is 10.1. The molecule has 1 saturated heterocycles. The van der Waals surface area contributed by atoms with Gasteiger partial charge in [0.1, 0.15) is 0 Å². The average molecular weight is 287 g/mol. The molecule has 0 radical (unpaired) electrons. The van der Waals surface area contributed by atoms with E-state index < -0.39 is 12.0 Å². The molecule has 3 rings (SSSR count). The summed E-state index contributed by atoms with van der Waals surface area (Å²) >= 11 is 0. The molecule has 7 heteroatoms. The number of carbonyl (C=O) groups excluding carboxylic acids is 1. The lowest BCUT2D eigenvalue weighted by Crippen LogP contribution is -2.50. The van der Waals surface area contributed by atoms with E-state index in [4.69, 9.17) is 9.84 Å². The van der Waals surface area contributed by atoms with Crippen LogP contribution in [0.1, 0.15) is 10.4 Å². The number of urea groups is 1. The molecular formula is C14H13N3O4. The summed E-state index contributed by atoms with van der Waals surface area (Å²) in [5.74, 6) is -1.06. The number of aromatic carboxylic acids is 1. The summed E-state index contributed by atoms with van der Waals surface area (Å²) in [5.41, 5.74) is 1.00. The highest BCUT2D eigenvalue weighted by molar-refractivity contribution is 6.03. The lowest BCUT2D eigenvalue weighted by Gasteiger charge is -2.26. The van der Waals surface area contributed by atoms with Gasteiger partial charge in [-0.15, -0.1) is 0 Å². The van der Waals surface area contributed by atoms with Crippen molar-refractivity contribution in [2.75, 3.05) is 18.5 Å². The number of nitrogens with one attached hydrogen (secondary N) is 2. The Morgan fingerprint density at radius 3 is 2.81 bits per heavy atom. The van der Waals surface area contributed by atoms with E-state index in [1.165, 1.54) is 12.1 Å². The van der Waals surface area contributed by atoms with Crippen LogP contribution in [-0.4, -0.2) is 41.3 Å². The van der Waals surface area contributed by atoms with Gasteiger partial charge in [0.2, 0.25) is 0 Å². The summed E-state index contributed by atoms with van der Waals surface area (Å²) in [4.78, 5) is 27.2. The Bertz CT molecular complexity index is 712. The molecule has 108 valence electrons. The molecule has 2 aromatic rings. The van der Waals surface area contributed by atoms with Crippen LogP contribution in [-0.2, 0) is 4.74 Å². The number of aromatic nitrogens is 1. The molecule has 0 aliphatic carbocycles. The number of benzene rings is 1. The molecule has 0 saturated carbocycles. The first-order valence-corrected chi connectivity index (χ1v) is 6.41. The van der Waals surface area contributed by atoms with Gasteiger partial charge in [0, 0.05) is 11.6 Å². The van der Waals surface area contributed by atoms with Crippen molar-refractivity contribution in [2.24, 2.45) is 0 Å². The third-order valence-corrected chi connectivity index (χ3v) is 3.17. The molecule has 2 heterocycles. The second kappa shape index (κ2) is 5.37. The largest absolute Gasteiger partial charge is 0.478 e. The first kappa shape index (κ1) is 13.3. The number of anilines is 1. The Balaban J connectivity index is 1.91. The molecule has 1 aliphatic rings. The van der Waals surface area contributed by atoms with E-state index in [1.807, 2.05) is 0 Å². The van der Waals surface area contributed by atoms with Crippen molar-refractivity contribution in [1.29, 1.82) is 0 Å². The Morgan fingerprint density at radius 1 is 1.33 bits per heavy atom. The van der Waals surface area contributed by atoms with Crippen LogP contribution >= 0.6 is 0 Å². The van der Waals surface area contributed by atoms with Crippen molar-refractivity contribution in [3.63, 3.8) is 0 Å². The lowest BCUT2D eigenvalue weighted by molar-refractivity contribution is 0.000736. The van der Waals surface area contributed by atoms with Gasteiger partial charge in [0.15, 0.2) is 0 Å². The van der Waals surface area contributed by atoms with Crippen LogP contribution in [0.2, 0.25) is 0 Å². The van der Waals surface area contributed by atoms with Gasteiger partial charge in [-0.05, 0) is 18.2 Å². The van der Waals surface area contributed by atoms with Gasteiger partial charge in [-0.2, -0.15) is 0 Å². The number of amides is 2. The smallest absolute Gasteiger partial charge is 0.335 e. The van der Waals surface area contributed by atoms with Gasteiger partial charge >= 0.3 is 12.0 Å². The predicted octanol–water partition coefficient (Wildman–Crippen LogP) is 1.45. The van der Waals surface area contributed by atoms with Gasteiger partial charge in [-0.1, -0.05) is 6.07 Å². The molecule has 0 unspecified atom stereocenters. The summed E-state index contributed by atoms with van der Waals surface area (Å²) in [6.45, 7) is 0.975. The summed E-state index contributed by atoms with van der Waals surface area (Å²) in [7, 11) is 0. The molecule has 1 fully saturated rings. The van der Waals surface area contributed by atoms with Crippen LogP contribution in [0.25, 0.3) is 10.9 Å². The predicted molar refractivity (Wildman–Crippen MR) is 75.5 cm³/mol. The maximum Gasteiger partial charge on any atom is 0.335 e. The minimum Gasteiger partial charge on any atom is -0.478 e. The monoisotopic (exact) mass is 287 g/mol. The normalized spacial score (nSPS) is 14.5. The topological polar surface area (TPSA) is 101 Å². The minimum atomic E-state index is -1.06. The van der Waals surface area contributed by atoms with Gasteiger partial charge in [0.05, 0.1) is 36.0 Å². The highest BCUT2D eigenvalue weighted by Crippen LogP contribution is 2.23. The fraction of sp³-hybridized carbons (Fsp3) is 0.214. The van der Waals surface area contributed by atoms with Crippen LogP contribution in [0.5, 0.6) is 0 Å². The van der Waals surface area contributed by atoms with E-state index in [1.54, 1.807) is 18.3 Å². The van der Waals surface area contributed by atoms with E-state index in [-0.39, 0.29) is 11.6 Å². The zero-order valence-electron chi connectivity index (χ0n) is 11.0. The van der Waals surface area contributed by atoms with Crippen LogP contribution in [0.15, 0.2) is 30.5 Å². The van der Waals surface area contributed by atoms with Crippen molar-refractivity contribution in [3.05, 3.63) is 36.0 Å². The molecule has 7 nitrogen and oxygen atoms in total. The molecule has 2 amide bonds. The van der Waals surface area contributed by atoms with E-state index in [0.29, 0.717) is 29.8 Å². The van der Waals surface area contributed by atoms with Crippen molar-refractivity contribution < 1.29 is 19.4 Å². The second-order valence-electron chi connectivity index (χ2n) is 4.74. The standard InChI is InChI=1S/C14H13N3O4/c18-13(19)9-4-8-2-1-3-15-12(8)11(5-9)17-14(20)16-10-6-21-7-10/h1-5,10H,6-7H2,(H,18,19)(H2,16,17,20). The van der Waals surface area contributed by atoms with E-state index in [9.17, 15) is 9.59 Å². The van der Waals surface area contributed by atoms with E-state index >= 15 is 0 Å². The minimum absolute atomic E-state index is 0.00752. The molecule has 1 aliphatic heterocycles. The van der Waals surface area contributed by atoms with Gasteiger partial charge in [-0.3, -0.25) is 4.98 Å². The Hall–Kier alpha value is -2.67. The van der Waals surface area contributed by atoms with Crippen molar-refractivity contribution in [1.82, 2.24) is 10.3 Å². The third kappa shape index (κ3) is 2.77. The molecule has 1 aromatic heterocycles. The van der Waals surface area contributed by atoms with Crippen LogP contribution < -0.4 is 10.6 Å². The molecular weight excluding hydrogens is 274 g/mol. The number of carboxylic acid groups (broad SMARTS) is 1. The molecule has 0 atom stereocenters. The SMILES string of the molecule is O=C(Nc1cc(C(=O)O)cc2cccnc12)NC1COC1. The maximum absolute atomic E-state index is 11.9. The van der Waals surface area contributed by atoms with Gasteiger partial charge in [-0.25, -0.2) is 9.59 Å². The Morgan fingerprint density at radius 2 is 2.14 bits per heavy atom. The summed E-state index contributed by atoms with van der Waals surface area (Å²) in [6.07, 6.45) is 1.59. The number of carboxylic acids is 1. The number of hydrogen-bond acceptors (Lipinski definition) is 4. The van der Waals surface area contributed by atoms with Crippen LogP contribution in [0.3, 0.4) is 0 Å². The first-order valence-electron chi connectivity index (χ1n) is 6.41. The lowest BCUT2D eigenvalue weighted by atomic mass is 10.1. The third-order valence-electron chi connectivity index (χ3n) is 3.17. The number of hydrogen-bond donors (Lipinski definition) is 3. The zero-order chi connectivity index (χ0) is 14.8. The van der Waals surface area contributed by atoms with E-state index in [2.05, 4.69) is 15.6 Å². The van der Waals surface area contributed by atoms with Gasteiger partial charge in [0.25, 0.3) is 0 Å². The van der Waals surface area contributed by atoms with Crippen LogP contribution in [0.4, 0.5) is 10.5 Å². The zero-order valence-corrected chi connectivity index (χ0v) is 11.0. The number of fused-ring (bicyclic) bond motifs is 1. The Labute approximate surface area is 119 Å². The summed E-state index contributed by atoms with van der Waals surface area (Å²) in [5, 5.41) is 15.2. The molecule has 1 aromatic carbocycles. The van der Waals surface area contributed by atoms with Crippen LogP contribution in [0, 0.1) is 0 Å². The van der Waals surface area contributed by atoms with E-state index in [0.717, 1.165) is 0 Å². The van der Waals surface area contributed by atoms with Crippen molar-refractivity contribution in [2.45, 2.75) is 6.04 Å². The fourth-order valence-electron chi connectivity index (χ4n) is 2.07. The molecule has 3 N–H and O–H groups in total. The number of carbonyl (C=O) groups is 2. The number of ether oxygens (including phenoxy) is 1. The Kier molecular flexibility index (Phi) is 3.41. The molecule has 21 heavy (non-hydrogen) atoms. The average Bonchev–Trinajstić information content (AvgIpc) is 2.42. The fourth-order valence-corrected chi connectivity index (χ4v) is 2.07. The van der Waals surface area contributed by atoms with Crippen molar-refractivity contribution >= 4 is 28.6 Å². The maximum atomic E-state index is 11.9. The highest BCUT2D eigenvalue weighted by atomic mass is 16.5. The molecule has 0 spiro atoms. The molecule has 0 bridgehead atoms. The number of pyridine rings is 1. The summed E-state index contributed by atoms with van der Waals surface area (Å²) < 4.78 is 4.97. The van der Waals surface area contributed by atoms with Crippen molar-refractivity contribution in [3.8, 4) is 0 Å². The quantitative estimate of drug-likeness (QED) is 0.793. The highest BCUT2D eigenvalue weighted by Gasteiger charge is 2.21. The summed E-state index contributed by atoms with van der Waals surface area (Å²) in [6, 6.07) is 5.97. The number of nitrogens with zero attached hydrogens (tertiary/aromatic N) is 1. The van der Waals surface area contributed by atoms with Gasteiger partial charge < -0.3 is 20.5 Å².